The smallest absolute Gasteiger partial charge is 0.270 e. The average molecular weight is 311 g/mol. The highest BCUT2D eigenvalue weighted by Crippen LogP contribution is 2.25. The highest BCUT2D eigenvalue weighted by Gasteiger charge is 2.16. The highest BCUT2D eigenvalue weighted by molar-refractivity contribution is 5.93. The van der Waals surface area contributed by atoms with Gasteiger partial charge in [0.15, 0.2) is 0 Å². The molecule has 0 bridgehead atoms. The summed E-state index contributed by atoms with van der Waals surface area (Å²) in [6.07, 6.45) is 2.66. The van der Waals surface area contributed by atoms with E-state index < -0.39 is 0 Å². The number of aromatic nitrogens is 1. The van der Waals surface area contributed by atoms with Crippen molar-refractivity contribution in [3.05, 3.63) is 53.3 Å². The van der Waals surface area contributed by atoms with E-state index in [2.05, 4.69) is 47.7 Å². The predicted octanol–water partition coefficient (Wildman–Crippen LogP) is 4.22. The van der Waals surface area contributed by atoms with Crippen LogP contribution in [0.15, 0.2) is 36.5 Å². The number of benzene rings is 1. The second-order valence-electron chi connectivity index (χ2n) is 6.72. The van der Waals surface area contributed by atoms with Crippen LogP contribution in [0.5, 0.6) is 0 Å². The quantitative estimate of drug-likeness (QED) is 0.888. The summed E-state index contributed by atoms with van der Waals surface area (Å²) in [5.74, 6) is -0.158. The number of hydrogen-bond donors (Lipinski definition) is 2. The number of nitrogens with one attached hydrogen (secondary N) is 2. The summed E-state index contributed by atoms with van der Waals surface area (Å²) in [5, 5.41) is 6.32. The van der Waals surface area contributed by atoms with Crippen LogP contribution in [0.1, 0.15) is 49.3 Å². The molecule has 1 aromatic carbocycles. The normalized spacial score (nSPS) is 11.2. The minimum absolute atomic E-state index is 0.158. The third-order valence-electron chi connectivity index (χ3n) is 3.49. The molecule has 0 fully saturated rings. The number of nitrogens with zero attached hydrogens (tertiary/aromatic N) is 1. The van der Waals surface area contributed by atoms with Crippen LogP contribution in [0, 0.1) is 6.92 Å². The van der Waals surface area contributed by atoms with Crippen molar-refractivity contribution in [2.45, 2.75) is 46.6 Å². The number of pyridine rings is 1. The van der Waals surface area contributed by atoms with Gasteiger partial charge in [-0.15, -0.1) is 0 Å². The Hall–Kier alpha value is -2.36. The van der Waals surface area contributed by atoms with Crippen LogP contribution in [-0.2, 0) is 6.42 Å². The van der Waals surface area contributed by atoms with Gasteiger partial charge in [0.2, 0.25) is 0 Å². The Labute approximate surface area is 138 Å². The van der Waals surface area contributed by atoms with Gasteiger partial charge < -0.3 is 10.6 Å². The molecule has 0 aliphatic carbocycles. The number of aryl methyl sites for hydroxylation is 2. The van der Waals surface area contributed by atoms with Crippen molar-refractivity contribution in [2.24, 2.45) is 0 Å². The topological polar surface area (TPSA) is 54.0 Å². The first-order chi connectivity index (χ1) is 10.8. The van der Waals surface area contributed by atoms with E-state index in [0.717, 1.165) is 17.8 Å². The number of hydrogen-bond acceptors (Lipinski definition) is 3. The number of amides is 1. The van der Waals surface area contributed by atoms with Gasteiger partial charge in [-0.3, -0.25) is 4.79 Å². The number of rotatable bonds is 4. The SMILES string of the molecule is CCc1cccc(C)c1Nc1ccc(C(=O)NC(C)(C)C)nc1. The van der Waals surface area contributed by atoms with Crippen molar-refractivity contribution >= 4 is 17.3 Å². The molecule has 0 aliphatic rings. The number of carbonyl (C=O) groups is 1. The summed E-state index contributed by atoms with van der Waals surface area (Å²) in [5.41, 5.74) is 4.60. The summed E-state index contributed by atoms with van der Waals surface area (Å²) in [7, 11) is 0. The zero-order chi connectivity index (χ0) is 17.0. The van der Waals surface area contributed by atoms with Gasteiger partial charge in [-0.1, -0.05) is 25.1 Å². The lowest BCUT2D eigenvalue weighted by Crippen LogP contribution is -2.40. The molecule has 4 heteroatoms. The van der Waals surface area contributed by atoms with Gasteiger partial charge in [-0.05, 0) is 57.4 Å². The van der Waals surface area contributed by atoms with E-state index in [1.54, 1.807) is 12.3 Å². The second kappa shape index (κ2) is 6.82. The Morgan fingerprint density at radius 2 is 1.91 bits per heavy atom. The maximum Gasteiger partial charge on any atom is 0.270 e. The molecule has 0 saturated heterocycles. The van der Waals surface area contributed by atoms with Crippen molar-refractivity contribution in [3.63, 3.8) is 0 Å². The maximum atomic E-state index is 12.1. The molecule has 0 saturated carbocycles. The van der Waals surface area contributed by atoms with E-state index in [1.807, 2.05) is 26.8 Å². The Bertz CT molecular complexity index is 685. The molecule has 2 rings (SSSR count). The number of anilines is 2. The van der Waals surface area contributed by atoms with E-state index in [-0.39, 0.29) is 11.4 Å². The Kier molecular flexibility index (Phi) is 5.04. The second-order valence-corrected chi connectivity index (χ2v) is 6.72. The monoisotopic (exact) mass is 311 g/mol. The fourth-order valence-corrected chi connectivity index (χ4v) is 2.35. The van der Waals surface area contributed by atoms with E-state index in [9.17, 15) is 4.79 Å². The van der Waals surface area contributed by atoms with Crippen molar-refractivity contribution in [2.75, 3.05) is 5.32 Å². The highest BCUT2D eigenvalue weighted by atomic mass is 16.2. The molecule has 2 aromatic rings. The average Bonchev–Trinajstić information content (AvgIpc) is 2.48. The van der Waals surface area contributed by atoms with Gasteiger partial charge in [0, 0.05) is 11.2 Å². The first kappa shape index (κ1) is 17.0. The first-order valence-electron chi connectivity index (χ1n) is 7.94. The Morgan fingerprint density at radius 3 is 2.48 bits per heavy atom. The van der Waals surface area contributed by atoms with Crippen molar-refractivity contribution in [1.29, 1.82) is 0 Å². The van der Waals surface area contributed by atoms with Crippen molar-refractivity contribution < 1.29 is 4.79 Å². The fourth-order valence-electron chi connectivity index (χ4n) is 2.35. The number of para-hydroxylation sites is 1. The van der Waals surface area contributed by atoms with Crippen LogP contribution in [0.4, 0.5) is 11.4 Å². The molecule has 4 nitrogen and oxygen atoms in total. The van der Waals surface area contributed by atoms with Gasteiger partial charge in [0.1, 0.15) is 5.69 Å². The minimum Gasteiger partial charge on any atom is -0.354 e. The zero-order valence-corrected chi connectivity index (χ0v) is 14.5. The molecule has 2 N–H and O–H groups in total. The zero-order valence-electron chi connectivity index (χ0n) is 14.5. The lowest BCUT2D eigenvalue weighted by molar-refractivity contribution is 0.0914. The van der Waals surface area contributed by atoms with Crippen molar-refractivity contribution in [3.8, 4) is 0 Å². The first-order valence-corrected chi connectivity index (χ1v) is 7.94. The van der Waals surface area contributed by atoms with Gasteiger partial charge in [0.05, 0.1) is 11.9 Å². The third-order valence-corrected chi connectivity index (χ3v) is 3.49. The third kappa shape index (κ3) is 4.55. The summed E-state index contributed by atoms with van der Waals surface area (Å²) in [6, 6.07) is 9.90. The van der Waals surface area contributed by atoms with Gasteiger partial charge >= 0.3 is 0 Å². The van der Waals surface area contributed by atoms with Gasteiger partial charge in [-0.25, -0.2) is 4.98 Å². The maximum absolute atomic E-state index is 12.1. The molecule has 0 aliphatic heterocycles. The molecular formula is C19H25N3O. The summed E-state index contributed by atoms with van der Waals surface area (Å²) >= 11 is 0. The summed E-state index contributed by atoms with van der Waals surface area (Å²) in [4.78, 5) is 16.4. The van der Waals surface area contributed by atoms with E-state index in [4.69, 9.17) is 0 Å². The minimum atomic E-state index is -0.271. The van der Waals surface area contributed by atoms with Gasteiger partial charge in [0.25, 0.3) is 5.91 Å². The number of carbonyl (C=O) groups excluding carboxylic acids is 1. The molecule has 0 spiro atoms. The molecule has 122 valence electrons. The Morgan fingerprint density at radius 1 is 1.17 bits per heavy atom. The van der Waals surface area contributed by atoms with Crippen LogP contribution in [0.25, 0.3) is 0 Å². The van der Waals surface area contributed by atoms with Crippen LogP contribution in [0.3, 0.4) is 0 Å². The largest absolute Gasteiger partial charge is 0.354 e. The molecule has 23 heavy (non-hydrogen) atoms. The van der Waals surface area contributed by atoms with Crippen LogP contribution >= 0.6 is 0 Å². The molecule has 0 atom stereocenters. The van der Waals surface area contributed by atoms with Crippen LogP contribution in [0.2, 0.25) is 0 Å². The standard InChI is InChI=1S/C19H25N3O/c1-6-14-9-7-8-13(2)17(14)21-15-10-11-16(20-12-15)18(23)22-19(3,4)5/h7-12,21H,6H2,1-5H3,(H,22,23). The van der Waals surface area contributed by atoms with E-state index >= 15 is 0 Å². The molecule has 0 radical (unpaired) electrons. The van der Waals surface area contributed by atoms with E-state index in [0.29, 0.717) is 5.69 Å². The molecule has 1 heterocycles. The fraction of sp³-hybridized carbons (Fsp3) is 0.368. The van der Waals surface area contributed by atoms with Gasteiger partial charge in [-0.2, -0.15) is 0 Å². The molecule has 1 aromatic heterocycles. The van der Waals surface area contributed by atoms with E-state index in [1.165, 1.54) is 11.1 Å². The van der Waals surface area contributed by atoms with Crippen molar-refractivity contribution in [1.82, 2.24) is 10.3 Å². The predicted molar refractivity (Wildman–Crippen MR) is 95.3 cm³/mol. The van der Waals surface area contributed by atoms with Crippen LogP contribution in [-0.4, -0.2) is 16.4 Å². The summed E-state index contributed by atoms with van der Waals surface area (Å²) < 4.78 is 0. The van der Waals surface area contributed by atoms with Crippen LogP contribution < -0.4 is 10.6 Å². The molecular weight excluding hydrogens is 286 g/mol. The lowest BCUT2D eigenvalue weighted by Gasteiger charge is -2.20. The molecule has 1 amide bonds. The molecule has 0 unspecified atom stereocenters. The summed E-state index contributed by atoms with van der Waals surface area (Å²) in [6.45, 7) is 10.1. The Balaban J connectivity index is 2.17. The lowest BCUT2D eigenvalue weighted by atomic mass is 10.1.